The Balaban J connectivity index is 1.55. The third-order valence-corrected chi connectivity index (χ3v) is 7.70. The zero-order chi connectivity index (χ0) is 20.8. The molecule has 158 valence electrons. The number of fused-ring (bicyclic) bond motifs is 2. The molecule has 0 radical (unpaired) electrons. The number of ether oxygens (including phenoxy) is 1. The van der Waals surface area contributed by atoms with E-state index in [4.69, 9.17) is 4.74 Å². The van der Waals surface area contributed by atoms with E-state index in [1.165, 1.54) is 28.8 Å². The van der Waals surface area contributed by atoms with Crippen molar-refractivity contribution in [3.05, 3.63) is 42.2 Å². The van der Waals surface area contributed by atoms with Crippen LogP contribution in [-0.4, -0.2) is 41.2 Å². The molecule has 1 aliphatic heterocycles. The van der Waals surface area contributed by atoms with E-state index >= 15 is 0 Å². The minimum atomic E-state index is -4.46. The molecular weight excluding hydrogens is 407 g/mol. The number of halogens is 3. The number of aryl methyl sites for hydroxylation is 1. The van der Waals surface area contributed by atoms with Crippen molar-refractivity contribution >= 4 is 10.0 Å². The quantitative estimate of drug-likeness (QED) is 0.705. The number of aromatic nitrogens is 2. The molecule has 2 fully saturated rings. The fraction of sp³-hybridized carbons (Fsp3) is 0.526. The van der Waals surface area contributed by atoms with Gasteiger partial charge in [0.15, 0.2) is 0 Å². The highest BCUT2D eigenvalue weighted by molar-refractivity contribution is 7.89. The van der Waals surface area contributed by atoms with Crippen LogP contribution in [0, 0.1) is 5.92 Å². The summed E-state index contributed by atoms with van der Waals surface area (Å²) >= 11 is 0. The number of sulfonamides is 1. The molecule has 10 heteroatoms. The molecule has 2 heterocycles. The standard InChI is InChI=1S/C19H22F3N3O3S/c1-2-24-11-17(10-23-24)29(26,27)25-15-7-6-13(8-15)18(25)12-28-16-5-3-4-14(9-16)19(20,21)22/h3-5,9-11,13,15,18H,2,6-8,12H2,1H3/t13-,15+,18-/m0/s1. The lowest BCUT2D eigenvalue weighted by Crippen LogP contribution is -2.47. The van der Waals surface area contributed by atoms with E-state index in [1.54, 1.807) is 4.68 Å². The Bertz CT molecular complexity index is 990. The summed E-state index contributed by atoms with van der Waals surface area (Å²) in [5.74, 6) is 0.223. The normalized spacial score (nSPS) is 24.9. The lowest BCUT2D eigenvalue weighted by atomic mass is 10.0. The first-order valence-corrected chi connectivity index (χ1v) is 11.0. The Hall–Kier alpha value is -2.07. The van der Waals surface area contributed by atoms with Crippen LogP contribution in [-0.2, 0) is 22.7 Å². The number of piperidine rings is 1. The summed E-state index contributed by atoms with van der Waals surface area (Å²) in [6.45, 7) is 2.44. The van der Waals surface area contributed by atoms with Crippen LogP contribution >= 0.6 is 0 Å². The molecule has 6 nitrogen and oxygen atoms in total. The van der Waals surface area contributed by atoms with Crippen molar-refractivity contribution in [2.45, 2.75) is 55.9 Å². The van der Waals surface area contributed by atoms with Crippen LogP contribution in [0.3, 0.4) is 0 Å². The van der Waals surface area contributed by atoms with Crippen molar-refractivity contribution in [3.63, 3.8) is 0 Å². The van der Waals surface area contributed by atoms with E-state index in [0.29, 0.717) is 6.54 Å². The van der Waals surface area contributed by atoms with Gasteiger partial charge in [-0.3, -0.25) is 4.68 Å². The van der Waals surface area contributed by atoms with Crippen molar-refractivity contribution < 1.29 is 26.3 Å². The lowest BCUT2D eigenvalue weighted by molar-refractivity contribution is -0.137. The molecule has 3 atom stereocenters. The van der Waals surface area contributed by atoms with Gasteiger partial charge in [0.1, 0.15) is 17.3 Å². The molecular formula is C19H22F3N3O3S. The molecule has 1 saturated heterocycles. The Morgan fingerprint density at radius 1 is 1.28 bits per heavy atom. The predicted molar refractivity (Wildman–Crippen MR) is 98.8 cm³/mol. The topological polar surface area (TPSA) is 64.4 Å². The summed E-state index contributed by atoms with van der Waals surface area (Å²) in [7, 11) is -3.75. The molecule has 0 N–H and O–H groups in total. The van der Waals surface area contributed by atoms with Gasteiger partial charge >= 0.3 is 6.18 Å². The SMILES string of the molecule is CCn1cc(S(=O)(=O)N2[C@@H]3CC[C@@H](C3)[C@@H]2COc2cccc(C(F)(F)F)c2)cn1. The Morgan fingerprint density at radius 2 is 2.07 bits per heavy atom. The van der Waals surface area contributed by atoms with Crippen molar-refractivity contribution in [1.29, 1.82) is 0 Å². The van der Waals surface area contributed by atoms with Crippen LogP contribution in [0.25, 0.3) is 0 Å². The van der Waals surface area contributed by atoms with Crippen molar-refractivity contribution in [2.24, 2.45) is 5.92 Å². The molecule has 1 saturated carbocycles. The summed E-state index contributed by atoms with van der Waals surface area (Å²) in [6.07, 6.45) is 0.813. The zero-order valence-corrected chi connectivity index (χ0v) is 16.7. The molecule has 2 aromatic rings. The van der Waals surface area contributed by atoms with Gasteiger partial charge < -0.3 is 4.74 Å². The Morgan fingerprint density at radius 3 is 2.76 bits per heavy atom. The molecule has 2 bridgehead atoms. The highest BCUT2D eigenvalue weighted by atomic mass is 32.2. The van der Waals surface area contributed by atoms with Crippen molar-refractivity contribution in [1.82, 2.24) is 14.1 Å². The third kappa shape index (κ3) is 3.75. The minimum Gasteiger partial charge on any atom is -0.492 e. The van der Waals surface area contributed by atoms with E-state index in [1.807, 2.05) is 6.92 Å². The van der Waals surface area contributed by atoms with Crippen LogP contribution < -0.4 is 4.74 Å². The van der Waals surface area contributed by atoms with Crippen LogP contribution in [0.15, 0.2) is 41.6 Å². The number of nitrogens with zero attached hydrogens (tertiary/aromatic N) is 3. The molecule has 1 aromatic heterocycles. The smallest absolute Gasteiger partial charge is 0.416 e. The first kappa shape index (κ1) is 20.2. The lowest BCUT2D eigenvalue weighted by Gasteiger charge is -2.33. The van der Waals surface area contributed by atoms with Gasteiger partial charge in [-0.25, -0.2) is 8.42 Å². The van der Waals surface area contributed by atoms with Gasteiger partial charge in [-0.2, -0.15) is 22.6 Å². The second-order valence-corrected chi connectivity index (χ2v) is 9.34. The van der Waals surface area contributed by atoms with Crippen LogP contribution in [0.2, 0.25) is 0 Å². The molecule has 0 spiro atoms. The van der Waals surface area contributed by atoms with Crippen LogP contribution in [0.1, 0.15) is 31.7 Å². The summed E-state index contributed by atoms with van der Waals surface area (Å²) in [5.41, 5.74) is -0.792. The Labute approximate surface area is 167 Å². The number of benzene rings is 1. The second kappa shape index (κ2) is 7.32. The molecule has 0 unspecified atom stereocenters. The van der Waals surface area contributed by atoms with E-state index in [0.717, 1.165) is 31.4 Å². The van der Waals surface area contributed by atoms with Crippen LogP contribution in [0.5, 0.6) is 5.75 Å². The fourth-order valence-corrected chi connectivity index (χ4v) is 6.20. The van der Waals surface area contributed by atoms with E-state index < -0.39 is 27.8 Å². The van der Waals surface area contributed by atoms with Gasteiger partial charge in [0.05, 0.1) is 17.8 Å². The van der Waals surface area contributed by atoms with Gasteiger partial charge in [-0.05, 0) is 50.3 Å². The monoisotopic (exact) mass is 429 g/mol. The third-order valence-electron chi connectivity index (χ3n) is 5.77. The largest absolute Gasteiger partial charge is 0.492 e. The molecule has 29 heavy (non-hydrogen) atoms. The predicted octanol–water partition coefficient (Wildman–Crippen LogP) is 3.54. The highest BCUT2D eigenvalue weighted by Gasteiger charge is 2.52. The number of hydrogen-bond donors (Lipinski definition) is 0. The maximum Gasteiger partial charge on any atom is 0.416 e. The van der Waals surface area contributed by atoms with E-state index in [-0.39, 0.29) is 29.2 Å². The Kier molecular flexibility index (Phi) is 5.10. The van der Waals surface area contributed by atoms with Gasteiger partial charge in [-0.1, -0.05) is 6.07 Å². The molecule has 4 rings (SSSR count). The summed E-state index contributed by atoms with van der Waals surface area (Å²) in [4.78, 5) is 0.135. The van der Waals surface area contributed by atoms with Gasteiger partial charge in [0.25, 0.3) is 0 Å². The number of alkyl halides is 3. The van der Waals surface area contributed by atoms with E-state index in [2.05, 4.69) is 5.10 Å². The van der Waals surface area contributed by atoms with E-state index in [9.17, 15) is 21.6 Å². The summed E-state index contributed by atoms with van der Waals surface area (Å²) in [6, 6.07) is 4.15. The minimum absolute atomic E-state index is 0.0175. The summed E-state index contributed by atoms with van der Waals surface area (Å²) in [5, 5.41) is 4.06. The van der Waals surface area contributed by atoms with Crippen LogP contribution in [0.4, 0.5) is 13.2 Å². The average molecular weight is 429 g/mol. The maximum absolute atomic E-state index is 13.2. The number of hydrogen-bond acceptors (Lipinski definition) is 4. The number of rotatable bonds is 6. The highest BCUT2D eigenvalue weighted by Crippen LogP contribution is 2.45. The van der Waals surface area contributed by atoms with Gasteiger partial charge in [0.2, 0.25) is 10.0 Å². The van der Waals surface area contributed by atoms with Crippen molar-refractivity contribution in [2.75, 3.05) is 6.61 Å². The molecule has 1 aliphatic carbocycles. The van der Waals surface area contributed by atoms with Crippen molar-refractivity contribution in [3.8, 4) is 5.75 Å². The zero-order valence-electron chi connectivity index (χ0n) is 15.8. The average Bonchev–Trinajstić information content (AvgIpc) is 3.41. The second-order valence-electron chi connectivity index (χ2n) is 7.50. The first-order valence-electron chi connectivity index (χ1n) is 9.56. The molecule has 0 amide bonds. The molecule has 1 aromatic carbocycles. The molecule has 2 aliphatic rings. The first-order chi connectivity index (χ1) is 13.7. The maximum atomic E-state index is 13.2. The summed E-state index contributed by atoms with van der Waals surface area (Å²) < 4.78 is 73.9. The fourth-order valence-electron chi connectivity index (χ4n) is 4.35. The van der Waals surface area contributed by atoms with Gasteiger partial charge in [-0.15, -0.1) is 0 Å². The van der Waals surface area contributed by atoms with Gasteiger partial charge in [0, 0.05) is 18.8 Å².